The predicted octanol–water partition coefficient (Wildman–Crippen LogP) is 2.31. The van der Waals surface area contributed by atoms with Crippen molar-refractivity contribution in [2.24, 2.45) is 0 Å². The standard InChI is InChI=1S/C18H26ClN3O3S.2ClH/c1-14-3-4-15(19)13-16(14)21-9-11-22(12-10-21)17(23)18(26(2,24)25)5-7-20-8-6-18;;/h3-4,13,20H,5-12H2,1-2H3;2*1H. The van der Waals surface area contributed by atoms with Crippen LogP contribution in [0.2, 0.25) is 5.02 Å². The van der Waals surface area contributed by atoms with Gasteiger partial charge in [-0.1, -0.05) is 17.7 Å². The number of amides is 1. The molecule has 1 aromatic rings. The number of halogens is 3. The monoisotopic (exact) mass is 471 g/mol. The van der Waals surface area contributed by atoms with Gasteiger partial charge in [0.25, 0.3) is 0 Å². The van der Waals surface area contributed by atoms with E-state index in [9.17, 15) is 13.2 Å². The van der Waals surface area contributed by atoms with Gasteiger partial charge in [0.2, 0.25) is 5.91 Å². The van der Waals surface area contributed by atoms with Crippen molar-refractivity contribution >= 4 is 57.8 Å². The first-order chi connectivity index (χ1) is 12.2. The van der Waals surface area contributed by atoms with Crippen LogP contribution in [0.5, 0.6) is 0 Å². The minimum atomic E-state index is -3.48. The number of nitrogens with zero attached hydrogens (tertiary/aromatic N) is 2. The van der Waals surface area contributed by atoms with Crippen molar-refractivity contribution in [2.75, 3.05) is 50.4 Å². The summed E-state index contributed by atoms with van der Waals surface area (Å²) in [5.41, 5.74) is 2.21. The van der Waals surface area contributed by atoms with Crippen LogP contribution in [-0.4, -0.2) is 69.5 Å². The number of nitrogens with one attached hydrogen (secondary N) is 1. The highest BCUT2D eigenvalue weighted by Crippen LogP contribution is 2.31. The Labute approximate surface area is 184 Å². The zero-order valence-corrected chi connectivity index (χ0v) is 19.3. The average Bonchev–Trinajstić information content (AvgIpc) is 2.63. The number of rotatable bonds is 3. The number of benzene rings is 1. The normalized spacial score (nSPS) is 19.4. The Balaban J connectivity index is 0.00000196. The van der Waals surface area contributed by atoms with Gasteiger partial charge < -0.3 is 15.1 Å². The van der Waals surface area contributed by atoms with Crippen LogP contribution in [0.4, 0.5) is 5.69 Å². The molecule has 0 atom stereocenters. The van der Waals surface area contributed by atoms with Crippen molar-refractivity contribution in [2.45, 2.75) is 24.5 Å². The van der Waals surface area contributed by atoms with Gasteiger partial charge in [-0.2, -0.15) is 0 Å². The summed E-state index contributed by atoms with van der Waals surface area (Å²) in [4.78, 5) is 17.1. The number of carbonyl (C=O) groups is 1. The largest absolute Gasteiger partial charge is 0.368 e. The molecule has 0 bridgehead atoms. The van der Waals surface area contributed by atoms with E-state index in [2.05, 4.69) is 10.2 Å². The molecule has 0 radical (unpaired) electrons. The molecule has 0 saturated carbocycles. The number of aryl methyl sites for hydroxylation is 1. The number of hydrogen-bond donors (Lipinski definition) is 1. The second-order valence-electron chi connectivity index (χ2n) is 7.23. The lowest BCUT2D eigenvalue weighted by Crippen LogP contribution is -2.61. The summed E-state index contributed by atoms with van der Waals surface area (Å²) in [7, 11) is -3.48. The Morgan fingerprint density at radius 1 is 1.11 bits per heavy atom. The van der Waals surface area contributed by atoms with Crippen LogP contribution in [0.1, 0.15) is 18.4 Å². The fourth-order valence-electron chi connectivity index (χ4n) is 3.94. The van der Waals surface area contributed by atoms with Gasteiger partial charge in [-0.25, -0.2) is 8.42 Å². The smallest absolute Gasteiger partial charge is 0.244 e. The van der Waals surface area contributed by atoms with Crippen LogP contribution in [-0.2, 0) is 14.6 Å². The first kappa shape index (κ1) is 25.3. The van der Waals surface area contributed by atoms with Crippen molar-refractivity contribution in [3.8, 4) is 0 Å². The summed E-state index contributed by atoms with van der Waals surface area (Å²) in [5, 5.41) is 3.84. The molecule has 0 unspecified atom stereocenters. The number of piperazine rings is 1. The molecule has 1 N–H and O–H groups in total. The highest BCUT2D eigenvalue weighted by Gasteiger charge is 2.50. The Bertz CT molecular complexity index is 791. The Kier molecular flexibility index (Phi) is 8.90. The topological polar surface area (TPSA) is 69.7 Å². The molecule has 2 fully saturated rings. The zero-order valence-electron chi connectivity index (χ0n) is 16.1. The zero-order chi connectivity index (χ0) is 18.9. The Morgan fingerprint density at radius 3 is 2.21 bits per heavy atom. The molecule has 1 aromatic carbocycles. The fourth-order valence-corrected chi connectivity index (χ4v) is 5.49. The molecule has 6 nitrogen and oxygen atoms in total. The van der Waals surface area contributed by atoms with Gasteiger partial charge in [0.1, 0.15) is 0 Å². The number of hydrogen-bond acceptors (Lipinski definition) is 5. The minimum Gasteiger partial charge on any atom is -0.368 e. The van der Waals surface area contributed by atoms with Crippen molar-refractivity contribution in [3.05, 3.63) is 28.8 Å². The summed E-state index contributed by atoms with van der Waals surface area (Å²) < 4.78 is 23.6. The molecule has 1 amide bonds. The quantitative estimate of drug-likeness (QED) is 0.731. The number of carbonyl (C=O) groups excluding carboxylic acids is 1. The van der Waals surface area contributed by atoms with E-state index in [4.69, 9.17) is 11.6 Å². The van der Waals surface area contributed by atoms with E-state index < -0.39 is 14.6 Å². The molecule has 3 rings (SSSR count). The van der Waals surface area contributed by atoms with E-state index in [1.807, 2.05) is 25.1 Å². The summed E-state index contributed by atoms with van der Waals surface area (Å²) in [5.74, 6) is -0.232. The van der Waals surface area contributed by atoms with Crippen LogP contribution in [0.15, 0.2) is 18.2 Å². The third kappa shape index (κ3) is 4.87. The number of sulfone groups is 1. The first-order valence-electron chi connectivity index (χ1n) is 8.95. The second-order valence-corrected chi connectivity index (χ2v) is 9.99. The summed E-state index contributed by atoms with van der Waals surface area (Å²) >= 11 is 6.12. The van der Waals surface area contributed by atoms with E-state index in [0.717, 1.165) is 11.3 Å². The highest BCUT2D eigenvalue weighted by atomic mass is 35.5. The van der Waals surface area contributed by atoms with Crippen molar-refractivity contribution in [3.63, 3.8) is 0 Å². The molecule has 0 spiro atoms. The maximum Gasteiger partial charge on any atom is 0.244 e. The summed E-state index contributed by atoms with van der Waals surface area (Å²) in [6.45, 7) is 5.54. The van der Waals surface area contributed by atoms with Crippen LogP contribution in [0.3, 0.4) is 0 Å². The molecule has 0 aromatic heterocycles. The minimum absolute atomic E-state index is 0. The maximum atomic E-state index is 13.2. The predicted molar refractivity (Wildman–Crippen MR) is 119 cm³/mol. The molecule has 2 aliphatic rings. The van der Waals surface area contributed by atoms with Gasteiger partial charge in [-0.05, 0) is 50.6 Å². The van der Waals surface area contributed by atoms with Crippen LogP contribution in [0.25, 0.3) is 0 Å². The van der Waals surface area contributed by atoms with E-state index in [1.165, 1.54) is 6.26 Å². The first-order valence-corrected chi connectivity index (χ1v) is 11.2. The van der Waals surface area contributed by atoms with Crippen LogP contribution >= 0.6 is 36.4 Å². The van der Waals surface area contributed by atoms with E-state index in [-0.39, 0.29) is 30.7 Å². The summed E-state index contributed by atoms with van der Waals surface area (Å²) in [6.07, 6.45) is 1.89. The van der Waals surface area contributed by atoms with Gasteiger partial charge in [-0.15, -0.1) is 24.8 Å². The van der Waals surface area contributed by atoms with Crippen LogP contribution in [0, 0.1) is 6.92 Å². The molecule has 28 heavy (non-hydrogen) atoms. The van der Waals surface area contributed by atoms with Gasteiger partial charge in [0.05, 0.1) is 0 Å². The summed E-state index contributed by atoms with van der Waals surface area (Å²) in [6, 6.07) is 5.80. The van der Waals surface area contributed by atoms with Gasteiger partial charge in [-0.3, -0.25) is 4.79 Å². The third-order valence-electron chi connectivity index (χ3n) is 5.59. The lowest BCUT2D eigenvalue weighted by Gasteiger charge is -2.42. The highest BCUT2D eigenvalue weighted by molar-refractivity contribution is 7.92. The molecule has 2 heterocycles. The van der Waals surface area contributed by atoms with E-state index >= 15 is 0 Å². The lowest BCUT2D eigenvalue weighted by atomic mass is 9.94. The van der Waals surface area contributed by atoms with Gasteiger partial charge >= 0.3 is 0 Å². The molecular formula is C18H28Cl3N3O3S. The van der Waals surface area contributed by atoms with Crippen LogP contribution < -0.4 is 10.2 Å². The van der Waals surface area contributed by atoms with Crippen molar-refractivity contribution < 1.29 is 13.2 Å². The maximum absolute atomic E-state index is 13.2. The SMILES string of the molecule is Cc1ccc(Cl)cc1N1CCN(C(=O)C2(S(C)(=O)=O)CCNCC2)CC1.Cl.Cl. The van der Waals surface area contributed by atoms with Gasteiger partial charge in [0.15, 0.2) is 14.6 Å². The Hall–Kier alpha value is -0.730. The number of piperidine rings is 1. The lowest BCUT2D eigenvalue weighted by molar-refractivity contribution is -0.135. The van der Waals surface area contributed by atoms with Crippen molar-refractivity contribution in [1.82, 2.24) is 10.2 Å². The molecule has 2 saturated heterocycles. The molecule has 10 heteroatoms. The molecule has 0 aliphatic carbocycles. The number of anilines is 1. The molecule has 160 valence electrons. The Morgan fingerprint density at radius 2 is 1.68 bits per heavy atom. The average molecular weight is 473 g/mol. The molecular weight excluding hydrogens is 445 g/mol. The van der Waals surface area contributed by atoms with E-state index in [1.54, 1.807) is 4.90 Å². The van der Waals surface area contributed by atoms with Crippen molar-refractivity contribution in [1.29, 1.82) is 0 Å². The second kappa shape index (κ2) is 9.85. The van der Waals surface area contributed by atoms with Gasteiger partial charge in [0, 0.05) is 43.1 Å². The third-order valence-corrected chi connectivity index (χ3v) is 7.83. The fraction of sp³-hybridized carbons (Fsp3) is 0.611. The molecule has 2 aliphatic heterocycles. The van der Waals surface area contributed by atoms with E-state index in [0.29, 0.717) is 57.1 Å².